The van der Waals surface area contributed by atoms with Crippen LogP contribution in [0.4, 0.5) is 15.6 Å². The van der Waals surface area contributed by atoms with Crippen molar-refractivity contribution in [3.05, 3.63) is 58.9 Å². The second kappa shape index (κ2) is 11.8. The van der Waals surface area contributed by atoms with Crippen molar-refractivity contribution in [1.29, 1.82) is 0 Å². The van der Waals surface area contributed by atoms with Crippen molar-refractivity contribution in [2.45, 2.75) is 57.2 Å². The number of amides is 1. The van der Waals surface area contributed by atoms with E-state index in [2.05, 4.69) is 9.36 Å². The monoisotopic (exact) mass is 607 g/mol. The number of likely N-dealkylation sites (N-methyl/N-ethyl adjacent to an activating group) is 1. The van der Waals surface area contributed by atoms with Gasteiger partial charge in [-0.3, -0.25) is 0 Å². The van der Waals surface area contributed by atoms with E-state index in [9.17, 15) is 13.2 Å². The summed E-state index contributed by atoms with van der Waals surface area (Å²) in [7, 11) is -0.567. The van der Waals surface area contributed by atoms with Crippen LogP contribution in [0.3, 0.4) is 0 Å². The van der Waals surface area contributed by atoms with Crippen molar-refractivity contribution in [3.8, 4) is 5.75 Å². The molecule has 3 aromatic rings. The summed E-state index contributed by atoms with van der Waals surface area (Å²) in [6, 6.07) is 10.2. The molecule has 10 nitrogen and oxygen atoms in total. The molecule has 0 aliphatic carbocycles. The third kappa shape index (κ3) is 6.61. The van der Waals surface area contributed by atoms with Gasteiger partial charge in [0.05, 0.1) is 29.3 Å². The standard InChI is InChI=1S/C27H34ClN5O5S2/c1-18-13-21(37-6)8-7-19(18)15-33(25-29-17-30-39-25)40(35,36)22-9-10-24(23(28)14-22)31(5)20-11-12-32(16-20)26(34)38-27(2,3)4/h7-10,13-14,17,20H,11-12,15-16H2,1-6H3/t20-/m0/s1. The molecule has 0 radical (unpaired) electrons. The Morgan fingerprint density at radius 3 is 2.58 bits per heavy atom. The normalized spacial score (nSPS) is 15.7. The van der Waals surface area contributed by atoms with Crippen molar-refractivity contribution in [3.63, 3.8) is 0 Å². The lowest BCUT2D eigenvalue weighted by Gasteiger charge is -2.29. The molecule has 1 amide bonds. The van der Waals surface area contributed by atoms with Gasteiger partial charge in [-0.1, -0.05) is 17.7 Å². The molecule has 0 unspecified atom stereocenters. The number of hydrogen-bond donors (Lipinski definition) is 0. The van der Waals surface area contributed by atoms with E-state index in [1.165, 1.54) is 16.7 Å². The summed E-state index contributed by atoms with van der Waals surface area (Å²) in [5.41, 5.74) is 1.79. The van der Waals surface area contributed by atoms with E-state index in [-0.39, 0.29) is 33.7 Å². The molecular formula is C27H34ClN5O5S2. The molecule has 1 fully saturated rings. The zero-order chi connectivity index (χ0) is 29.2. The third-order valence-electron chi connectivity index (χ3n) is 6.68. The maximum Gasteiger partial charge on any atom is 0.410 e. The summed E-state index contributed by atoms with van der Waals surface area (Å²) < 4.78 is 43.8. The lowest BCUT2D eigenvalue weighted by molar-refractivity contribution is 0.0292. The van der Waals surface area contributed by atoms with Gasteiger partial charge in [-0.05, 0) is 75.6 Å². The van der Waals surface area contributed by atoms with Crippen LogP contribution >= 0.6 is 23.1 Å². The molecule has 40 heavy (non-hydrogen) atoms. The van der Waals surface area contributed by atoms with Crippen LogP contribution in [-0.2, 0) is 21.3 Å². The smallest absolute Gasteiger partial charge is 0.410 e. The molecule has 0 saturated carbocycles. The first kappa shape index (κ1) is 29.9. The van der Waals surface area contributed by atoms with Crippen LogP contribution in [0.15, 0.2) is 47.6 Å². The van der Waals surface area contributed by atoms with E-state index in [0.29, 0.717) is 24.5 Å². The summed E-state index contributed by atoms with van der Waals surface area (Å²) in [5, 5.41) is 0.540. The van der Waals surface area contributed by atoms with Crippen LogP contribution in [0.1, 0.15) is 38.3 Å². The Labute approximate surface area is 244 Å². The lowest BCUT2D eigenvalue weighted by atomic mass is 10.1. The van der Waals surface area contributed by atoms with Gasteiger partial charge in [0.15, 0.2) is 0 Å². The molecule has 0 N–H and O–H groups in total. The maximum absolute atomic E-state index is 13.9. The Balaban J connectivity index is 1.56. The number of nitrogens with zero attached hydrogens (tertiary/aromatic N) is 5. The molecule has 2 aromatic carbocycles. The van der Waals surface area contributed by atoms with E-state index < -0.39 is 15.6 Å². The van der Waals surface area contributed by atoms with Crippen LogP contribution < -0.4 is 13.9 Å². The number of aromatic nitrogens is 2. The molecule has 216 valence electrons. The number of benzene rings is 2. The minimum absolute atomic E-state index is 0.00316. The quantitative estimate of drug-likeness (QED) is 0.337. The average molecular weight is 608 g/mol. The Hall–Kier alpha value is -3.09. The van der Waals surface area contributed by atoms with E-state index in [1.807, 2.05) is 51.8 Å². The molecule has 1 aromatic heterocycles. The molecular weight excluding hydrogens is 574 g/mol. The second-order valence-electron chi connectivity index (χ2n) is 10.6. The summed E-state index contributed by atoms with van der Waals surface area (Å²) in [6.45, 7) is 8.52. The fraction of sp³-hybridized carbons (Fsp3) is 0.444. The fourth-order valence-corrected chi connectivity index (χ4v) is 7.00. The van der Waals surface area contributed by atoms with E-state index in [0.717, 1.165) is 29.1 Å². The van der Waals surface area contributed by atoms with Gasteiger partial charge in [-0.2, -0.15) is 4.37 Å². The highest BCUT2D eigenvalue weighted by atomic mass is 35.5. The van der Waals surface area contributed by atoms with Crippen LogP contribution in [0.2, 0.25) is 5.02 Å². The average Bonchev–Trinajstić information content (AvgIpc) is 3.59. The SMILES string of the molecule is COc1ccc(CN(c2ncns2)S(=O)(=O)c2ccc(N(C)[C@H]3CCN(C(=O)OC(C)(C)C)C3)c(Cl)c2)c(C)c1. The topological polar surface area (TPSA) is 105 Å². The maximum atomic E-state index is 13.9. The Kier molecular flexibility index (Phi) is 8.81. The number of methoxy groups -OCH3 is 1. The van der Waals surface area contributed by atoms with E-state index >= 15 is 0 Å². The largest absolute Gasteiger partial charge is 0.497 e. The van der Waals surface area contributed by atoms with Crippen LogP contribution in [0, 0.1) is 6.92 Å². The highest BCUT2D eigenvalue weighted by Gasteiger charge is 2.33. The number of carbonyl (C=O) groups excluding carboxylic acids is 1. The molecule has 4 rings (SSSR count). The third-order valence-corrected chi connectivity index (χ3v) is 9.52. The van der Waals surface area contributed by atoms with Crippen molar-refractivity contribution in [2.24, 2.45) is 0 Å². The Bertz CT molecular complexity index is 1460. The minimum Gasteiger partial charge on any atom is -0.497 e. The molecule has 13 heteroatoms. The second-order valence-corrected chi connectivity index (χ2v) is 13.6. The zero-order valence-electron chi connectivity index (χ0n) is 23.4. The van der Waals surface area contributed by atoms with Gasteiger partial charge >= 0.3 is 6.09 Å². The van der Waals surface area contributed by atoms with Gasteiger partial charge in [-0.15, -0.1) is 0 Å². The molecule has 1 aliphatic rings. The van der Waals surface area contributed by atoms with Crippen LogP contribution in [-0.4, -0.2) is 67.7 Å². The van der Waals surface area contributed by atoms with Crippen molar-refractivity contribution in [2.75, 3.05) is 36.5 Å². The first-order chi connectivity index (χ1) is 18.8. The predicted molar refractivity (Wildman–Crippen MR) is 157 cm³/mol. The van der Waals surface area contributed by atoms with Crippen molar-refractivity contribution < 1.29 is 22.7 Å². The van der Waals surface area contributed by atoms with E-state index in [1.54, 1.807) is 30.2 Å². The van der Waals surface area contributed by atoms with Crippen LogP contribution in [0.5, 0.6) is 5.75 Å². The lowest BCUT2D eigenvalue weighted by Crippen LogP contribution is -2.39. The summed E-state index contributed by atoms with van der Waals surface area (Å²) in [6.07, 6.45) is 1.72. The first-order valence-corrected chi connectivity index (χ1v) is 15.3. The molecule has 1 atom stereocenters. The molecule has 1 aliphatic heterocycles. The van der Waals surface area contributed by atoms with Gasteiger partial charge in [0.25, 0.3) is 10.0 Å². The number of rotatable bonds is 8. The van der Waals surface area contributed by atoms with Crippen molar-refractivity contribution >= 4 is 50.1 Å². The predicted octanol–water partition coefficient (Wildman–Crippen LogP) is 5.35. The fourth-order valence-electron chi connectivity index (χ4n) is 4.47. The minimum atomic E-state index is -4.04. The highest BCUT2D eigenvalue weighted by molar-refractivity contribution is 7.93. The molecule has 0 bridgehead atoms. The number of sulfonamides is 1. The number of aryl methyl sites for hydroxylation is 1. The number of anilines is 2. The van der Waals surface area contributed by atoms with Gasteiger partial charge in [-0.25, -0.2) is 22.5 Å². The van der Waals surface area contributed by atoms with Crippen LogP contribution in [0.25, 0.3) is 0 Å². The molecule has 1 saturated heterocycles. The highest BCUT2D eigenvalue weighted by Crippen LogP contribution is 2.34. The van der Waals surface area contributed by atoms with Gasteiger partial charge in [0, 0.05) is 37.7 Å². The number of carbonyl (C=O) groups is 1. The first-order valence-electron chi connectivity index (χ1n) is 12.7. The Morgan fingerprint density at radius 2 is 1.98 bits per heavy atom. The van der Waals surface area contributed by atoms with Crippen molar-refractivity contribution in [1.82, 2.24) is 14.3 Å². The van der Waals surface area contributed by atoms with E-state index in [4.69, 9.17) is 21.1 Å². The van der Waals surface area contributed by atoms with Gasteiger partial charge < -0.3 is 19.3 Å². The summed E-state index contributed by atoms with van der Waals surface area (Å²) >= 11 is 7.67. The number of ether oxygens (including phenoxy) is 2. The van der Waals surface area contributed by atoms with Gasteiger partial charge in [0.1, 0.15) is 17.7 Å². The Morgan fingerprint density at radius 1 is 1.23 bits per heavy atom. The summed E-state index contributed by atoms with van der Waals surface area (Å²) in [4.78, 5) is 20.4. The number of likely N-dealkylation sites (tertiary alicyclic amines) is 1. The summed E-state index contributed by atoms with van der Waals surface area (Å²) in [5.74, 6) is 0.689. The number of hydrogen-bond acceptors (Lipinski definition) is 9. The molecule has 0 spiro atoms. The van der Waals surface area contributed by atoms with Gasteiger partial charge in [0.2, 0.25) is 5.13 Å². The molecule has 2 heterocycles. The number of halogens is 1. The zero-order valence-corrected chi connectivity index (χ0v) is 25.8.